The minimum absolute atomic E-state index is 0.309. The number of nitrogens with zero attached hydrogens (tertiary/aromatic N) is 2. The monoisotopic (exact) mass is 239 g/mol. The summed E-state index contributed by atoms with van der Waals surface area (Å²) in [5.41, 5.74) is 1.04. The van der Waals surface area contributed by atoms with Crippen molar-refractivity contribution in [3.8, 4) is 0 Å². The lowest BCUT2D eigenvalue weighted by molar-refractivity contribution is -0.0759. The molecule has 0 unspecified atom stereocenters. The van der Waals surface area contributed by atoms with Crippen LogP contribution in [0.15, 0.2) is 18.2 Å². The maximum Gasteiger partial charge on any atom is 0.298 e. The summed E-state index contributed by atoms with van der Waals surface area (Å²) in [6.45, 7) is 0. The summed E-state index contributed by atoms with van der Waals surface area (Å²) in [7, 11) is 2.95. The van der Waals surface area contributed by atoms with E-state index in [0.29, 0.717) is 10.7 Å². The van der Waals surface area contributed by atoms with Gasteiger partial charge in [0.15, 0.2) is 5.69 Å². The van der Waals surface area contributed by atoms with Crippen molar-refractivity contribution < 1.29 is 9.63 Å². The SMILES string of the molecule is CON(C)C(=O)c1n[nH]c2cc(Cl)ccc12. The highest BCUT2D eigenvalue weighted by atomic mass is 35.5. The van der Waals surface area contributed by atoms with Gasteiger partial charge in [-0.05, 0) is 18.2 Å². The molecular formula is C10H10ClN3O2. The number of benzene rings is 1. The zero-order valence-electron chi connectivity index (χ0n) is 8.82. The Balaban J connectivity index is 2.50. The van der Waals surface area contributed by atoms with Crippen molar-refractivity contribution in [2.24, 2.45) is 0 Å². The predicted molar refractivity (Wildman–Crippen MR) is 60.2 cm³/mol. The van der Waals surface area contributed by atoms with Crippen molar-refractivity contribution in [1.29, 1.82) is 0 Å². The van der Waals surface area contributed by atoms with Crippen molar-refractivity contribution >= 4 is 28.4 Å². The third-order valence-corrected chi connectivity index (χ3v) is 2.52. The number of hydrogen-bond acceptors (Lipinski definition) is 3. The molecule has 0 bridgehead atoms. The Morgan fingerprint density at radius 1 is 1.56 bits per heavy atom. The van der Waals surface area contributed by atoms with E-state index in [1.807, 2.05) is 0 Å². The van der Waals surface area contributed by atoms with Gasteiger partial charge in [-0.1, -0.05) is 11.6 Å². The second kappa shape index (κ2) is 4.11. The molecule has 5 nitrogen and oxygen atoms in total. The van der Waals surface area contributed by atoms with Gasteiger partial charge in [0.25, 0.3) is 5.91 Å². The second-order valence-electron chi connectivity index (χ2n) is 3.25. The van der Waals surface area contributed by atoms with Crippen LogP contribution in [0.25, 0.3) is 10.9 Å². The van der Waals surface area contributed by atoms with Gasteiger partial charge in [-0.15, -0.1) is 0 Å². The average molecular weight is 240 g/mol. The highest BCUT2D eigenvalue weighted by Gasteiger charge is 2.18. The Morgan fingerprint density at radius 2 is 2.31 bits per heavy atom. The smallest absolute Gasteiger partial charge is 0.277 e. The zero-order chi connectivity index (χ0) is 11.7. The molecule has 0 fully saturated rings. The molecule has 1 heterocycles. The van der Waals surface area contributed by atoms with E-state index in [-0.39, 0.29) is 5.91 Å². The van der Waals surface area contributed by atoms with E-state index >= 15 is 0 Å². The summed E-state index contributed by atoms with van der Waals surface area (Å²) in [5.74, 6) is -0.309. The van der Waals surface area contributed by atoms with Crippen LogP contribution in [0.5, 0.6) is 0 Å². The number of rotatable bonds is 2. The number of nitrogens with one attached hydrogen (secondary N) is 1. The molecule has 16 heavy (non-hydrogen) atoms. The predicted octanol–water partition coefficient (Wildman–Crippen LogP) is 1.85. The van der Waals surface area contributed by atoms with Gasteiger partial charge in [-0.25, -0.2) is 5.06 Å². The number of fused-ring (bicyclic) bond motifs is 1. The van der Waals surface area contributed by atoms with Crippen molar-refractivity contribution in [3.63, 3.8) is 0 Å². The second-order valence-corrected chi connectivity index (χ2v) is 3.68. The van der Waals surface area contributed by atoms with Crippen LogP contribution in [0.4, 0.5) is 0 Å². The molecule has 0 radical (unpaired) electrons. The standard InChI is InChI=1S/C10H10ClN3O2/c1-14(16-2)10(15)9-7-4-3-6(11)5-8(7)12-13-9/h3-5H,1-2H3,(H,12,13). The molecule has 1 aromatic heterocycles. The molecule has 0 saturated heterocycles. The first kappa shape index (κ1) is 10.9. The fraction of sp³-hybridized carbons (Fsp3) is 0.200. The molecule has 0 aliphatic rings. The first-order chi connectivity index (χ1) is 7.63. The van der Waals surface area contributed by atoms with E-state index in [2.05, 4.69) is 10.2 Å². The molecule has 6 heteroatoms. The molecule has 0 spiro atoms. The third kappa shape index (κ3) is 1.75. The Labute approximate surface area is 96.9 Å². The maximum atomic E-state index is 11.8. The lowest BCUT2D eigenvalue weighted by Crippen LogP contribution is -2.25. The van der Waals surface area contributed by atoms with Crippen LogP contribution in [-0.4, -0.2) is 35.3 Å². The van der Waals surface area contributed by atoms with Gasteiger partial charge in [0, 0.05) is 17.5 Å². The molecule has 0 saturated carbocycles. The van der Waals surface area contributed by atoms with Crippen molar-refractivity contribution in [2.75, 3.05) is 14.2 Å². The van der Waals surface area contributed by atoms with Crippen molar-refractivity contribution in [1.82, 2.24) is 15.3 Å². The Morgan fingerprint density at radius 3 is 3.00 bits per heavy atom. The van der Waals surface area contributed by atoms with E-state index in [1.165, 1.54) is 14.2 Å². The topological polar surface area (TPSA) is 58.2 Å². The summed E-state index contributed by atoms with van der Waals surface area (Å²) in [5, 5.41) is 9.13. The lowest BCUT2D eigenvalue weighted by atomic mass is 10.2. The third-order valence-electron chi connectivity index (χ3n) is 2.29. The van der Waals surface area contributed by atoms with Crippen LogP contribution in [-0.2, 0) is 4.84 Å². The first-order valence-electron chi connectivity index (χ1n) is 4.59. The molecule has 2 aromatic rings. The molecule has 2 rings (SSSR count). The summed E-state index contributed by atoms with van der Waals surface area (Å²) >= 11 is 5.83. The van der Waals surface area contributed by atoms with E-state index in [1.54, 1.807) is 18.2 Å². The number of hydrogen-bond donors (Lipinski definition) is 1. The molecule has 0 atom stereocenters. The Bertz CT molecular complexity index is 538. The molecular weight excluding hydrogens is 230 g/mol. The van der Waals surface area contributed by atoms with E-state index in [0.717, 1.165) is 16.0 Å². The van der Waals surface area contributed by atoms with E-state index in [4.69, 9.17) is 16.4 Å². The van der Waals surface area contributed by atoms with Gasteiger partial charge < -0.3 is 0 Å². The molecule has 0 aliphatic carbocycles. The van der Waals surface area contributed by atoms with Crippen LogP contribution in [0.1, 0.15) is 10.5 Å². The molecule has 84 valence electrons. The number of hydroxylamine groups is 2. The maximum absolute atomic E-state index is 11.8. The Kier molecular flexibility index (Phi) is 2.80. The van der Waals surface area contributed by atoms with Gasteiger partial charge in [-0.2, -0.15) is 5.10 Å². The molecule has 1 aromatic carbocycles. The number of carbonyl (C=O) groups excluding carboxylic acids is 1. The minimum Gasteiger partial charge on any atom is -0.277 e. The van der Waals surface area contributed by atoms with Gasteiger partial charge in [-0.3, -0.25) is 14.7 Å². The molecule has 1 amide bonds. The van der Waals surface area contributed by atoms with Crippen LogP contribution >= 0.6 is 11.6 Å². The number of aromatic amines is 1. The zero-order valence-corrected chi connectivity index (χ0v) is 9.58. The van der Waals surface area contributed by atoms with Gasteiger partial charge in [0.2, 0.25) is 0 Å². The van der Waals surface area contributed by atoms with Crippen molar-refractivity contribution in [3.05, 3.63) is 28.9 Å². The van der Waals surface area contributed by atoms with E-state index in [9.17, 15) is 4.79 Å². The quantitative estimate of drug-likeness (QED) is 0.814. The number of carbonyl (C=O) groups is 1. The summed E-state index contributed by atoms with van der Waals surface area (Å²) in [6, 6.07) is 5.17. The summed E-state index contributed by atoms with van der Waals surface area (Å²) in [6.07, 6.45) is 0. The first-order valence-corrected chi connectivity index (χ1v) is 4.97. The van der Waals surface area contributed by atoms with Crippen LogP contribution in [0.3, 0.4) is 0 Å². The molecule has 1 N–H and O–H groups in total. The fourth-order valence-corrected chi connectivity index (χ4v) is 1.56. The average Bonchev–Trinajstić information content (AvgIpc) is 2.69. The highest BCUT2D eigenvalue weighted by molar-refractivity contribution is 6.31. The van der Waals surface area contributed by atoms with Crippen molar-refractivity contribution in [2.45, 2.75) is 0 Å². The van der Waals surface area contributed by atoms with Crippen LogP contribution in [0.2, 0.25) is 5.02 Å². The minimum atomic E-state index is -0.309. The summed E-state index contributed by atoms with van der Waals surface area (Å²) in [4.78, 5) is 16.6. The number of amides is 1. The number of H-pyrrole nitrogens is 1. The van der Waals surface area contributed by atoms with Crippen LogP contribution in [0, 0.1) is 0 Å². The Hall–Kier alpha value is -1.59. The fourth-order valence-electron chi connectivity index (χ4n) is 1.39. The van der Waals surface area contributed by atoms with Gasteiger partial charge >= 0.3 is 0 Å². The van der Waals surface area contributed by atoms with Gasteiger partial charge in [0.1, 0.15) is 0 Å². The number of halogens is 1. The number of aromatic nitrogens is 2. The normalized spacial score (nSPS) is 10.7. The lowest BCUT2D eigenvalue weighted by Gasteiger charge is -2.11. The van der Waals surface area contributed by atoms with Gasteiger partial charge in [0.05, 0.1) is 12.6 Å². The van der Waals surface area contributed by atoms with E-state index < -0.39 is 0 Å². The highest BCUT2D eigenvalue weighted by Crippen LogP contribution is 2.20. The largest absolute Gasteiger partial charge is 0.298 e. The molecule has 0 aliphatic heterocycles. The summed E-state index contributed by atoms with van der Waals surface area (Å²) < 4.78 is 0. The van der Waals surface area contributed by atoms with Crippen LogP contribution < -0.4 is 0 Å².